The first-order chi connectivity index (χ1) is 8.06. The van der Waals surface area contributed by atoms with Crippen LogP contribution in [0.2, 0.25) is 0 Å². The lowest BCUT2D eigenvalue weighted by molar-refractivity contribution is 0.0572. The molecular weight excluding hydrogens is 220 g/mol. The summed E-state index contributed by atoms with van der Waals surface area (Å²) in [7, 11) is 0. The molecule has 1 aliphatic heterocycles. The molecule has 1 heterocycles. The van der Waals surface area contributed by atoms with Crippen LogP contribution in [-0.2, 0) is 0 Å². The second-order valence-electron chi connectivity index (χ2n) is 4.34. The number of amides is 2. The number of carbonyl (C=O) groups excluding carboxylic acids is 1. The summed E-state index contributed by atoms with van der Waals surface area (Å²) in [5, 5.41) is 21.4. The molecule has 1 aromatic carbocycles. The number of aliphatic hydroxyl groups excluding tert-OH is 2. The average Bonchev–Trinajstić information content (AvgIpc) is 2.63. The van der Waals surface area contributed by atoms with Crippen LogP contribution in [-0.4, -0.2) is 46.4 Å². The Balaban J connectivity index is 1.96. The van der Waals surface area contributed by atoms with Crippen molar-refractivity contribution < 1.29 is 15.0 Å². The zero-order valence-corrected chi connectivity index (χ0v) is 9.63. The van der Waals surface area contributed by atoms with Gasteiger partial charge in [-0.2, -0.15) is 0 Å². The van der Waals surface area contributed by atoms with Crippen molar-refractivity contribution in [3.8, 4) is 0 Å². The maximum absolute atomic E-state index is 11.8. The van der Waals surface area contributed by atoms with E-state index in [9.17, 15) is 15.0 Å². The number of hydrogen-bond donors (Lipinski definition) is 3. The highest BCUT2D eigenvalue weighted by Gasteiger charge is 2.32. The smallest absolute Gasteiger partial charge is 0.322 e. The minimum Gasteiger partial charge on any atom is -0.388 e. The second-order valence-corrected chi connectivity index (χ2v) is 4.34. The number of nitrogens with zero attached hydrogens (tertiary/aromatic N) is 1. The molecule has 0 saturated carbocycles. The van der Waals surface area contributed by atoms with E-state index >= 15 is 0 Å². The number of carbonyl (C=O) groups is 1. The Labute approximate surface area is 99.7 Å². The Bertz CT molecular complexity index is 395. The highest BCUT2D eigenvalue weighted by Crippen LogP contribution is 2.13. The molecule has 0 radical (unpaired) electrons. The summed E-state index contributed by atoms with van der Waals surface area (Å²) in [6.45, 7) is 2.30. The van der Waals surface area contributed by atoms with E-state index in [1.807, 2.05) is 31.2 Å². The molecule has 5 heteroatoms. The number of β-amino-alcohol motifs (C(OH)–C–C–N with tert-alkyl or cyclic N) is 2. The van der Waals surface area contributed by atoms with Crippen LogP contribution < -0.4 is 5.32 Å². The normalized spacial score (nSPS) is 23.8. The molecule has 0 aromatic heterocycles. The fourth-order valence-corrected chi connectivity index (χ4v) is 1.77. The number of aliphatic hydroxyl groups is 2. The van der Waals surface area contributed by atoms with Gasteiger partial charge < -0.3 is 20.4 Å². The van der Waals surface area contributed by atoms with Gasteiger partial charge in [0.25, 0.3) is 0 Å². The predicted molar refractivity (Wildman–Crippen MR) is 63.8 cm³/mol. The first-order valence-corrected chi connectivity index (χ1v) is 5.55. The lowest BCUT2D eigenvalue weighted by Gasteiger charge is -2.16. The first-order valence-electron chi connectivity index (χ1n) is 5.55. The fourth-order valence-electron chi connectivity index (χ4n) is 1.77. The number of urea groups is 1. The van der Waals surface area contributed by atoms with Gasteiger partial charge >= 0.3 is 6.03 Å². The second kappa shape index (κ2) is 4.73. The highest BCUT2D eigenvalue weighted by molar-refractivity contribution is 5.89. The summed E-state index contributed by atoms with van der Waals surface area (Å²) in [5.41, 5.74) is 1.83. The molecule has 5 nitrogen and oxygen atoms in total. The summed E-state index contributed by atoms with van der Waals surface area (Å²) in [6.07, 6.45) is -1.70. The third kappa shape index (κ3) is 2.75. The van der Waals surface area contributed by atoms with Gasteiger partial charge in [-0.25, -0.2) is 4.79 Å². The van der Waals surface area contributed by atoms with Crippen molar-refractivity contribution >= 4 is 11.7 Å². The third-order valence-electron chi connectivity index (χ3n) is 2.85. The van der Waals surface area contributed by atoms with Crippen molar-refractivity contribution in [3.63, 3.8) is 0 Å². The predicted octanol–water partition coefficient (Wildman–Crippen LogP) is 0.564. The third-order valence-corrected chi connectivity index (χ3v) is 2.85. The lowest BCUT2D eigenvalue weighted by atomic mass is 10.2. The van der Waals surface area contributed by atoms with Gasteiger partial charge in [0, 0.05) is 5.69 Å². The van der Waals surface area contributed by atoms with Crippen molar-refractivity contribution in [1.82, 2.24) is 4.90 Å². The molecule has 0 aliphatic carbocycles. The van der Waals surface area contributed by atoms with Crippen molar-refractivity contribution in [2.24, 2.45) is 0 Å². The molecule has 92 valence electrons. The van der Waals surface area contributed by atoms with Crippen molar-refractivity contribution in [1.29, 1.82) is 0 Å². The van der Waals surface area contributed by atoms with Gasteiger partial charge in [0.1, 0.15) is 0 Å². The van der Waals surface area contributed by atoms with Crippen molar-refractivity contribution in [3.05, 3.63) is 29.8 Å². The number of rotatable bonds is 1. The summed E-state index contributed by atoms with van der Waals surface area (Å²) in [4.78, 5) is 13.2. The molecule has 1 fully saturated rings. The van der Waals surface area contributed by atoms with Gasteiger partial charge in [-0.05, 0) is 19.1 Å². The molecule has 1 aliphatic rings. The van der Waals surface area contributed by atoms with Crippen LogP contribution in [0.3, 0.4) is 0 Å². The van der Waals surface area contributed by atoms with Gasteiger partial charge in [0.05, 0.1) is 25.3 Å². The number of likely N-dealkylation sites (tertiary alicyclic amines) is 1. The number of anilines is 1. The van der Waals surface area contributed by atoms with Gasteiger partial charge in [-0.15, -0.1) is 0 Å². The maximum atomic E-state index is 11.8. The van der Waals surface area contributed by atoms with E-state index in [-0.39, 0.29) is 19.1 Å². The molecule has 2 atom stereocenters. The largest absolute Gasteiger partial charge is 0.388 e. The van der Waals surface area contributed by atoms with Gasteiger partial charge in [0.2, 0.25) is 0 Å². The molecule has 1 aromatic rings. The van der Waals surface area contributed by atoms with Gasteiger partial charge in [0.15, 0.2) is 0 Å². The van der Waals surface area contributed by atoms with Crippen LogP contribution in [0.1, 0.15) is 5.56 Å². The van der Waals surface area contributed by atoms with E-state index in [0.29, 0.717) is 5.69 Å². The molecular formula is C12H16N2O3. The minimum absolute atomic E-state index is 0.166. The molecule has 3 N–H and O–H groups in total. The van der Waals surface area contributed by atoms with Crippen molar-refractivity contribution in [2.45, 2.75) is 19.1 Å². The van der Waals surface area contributed by atoms with E-state index in [4.69, 9.17) is 0 Å². The molecule has 0 unspecified atom stereocenters. The Kier molecular flexibility index (Phi) is 3.31. The highest BCUT2D eigenvalue weighted by atomic mass is 16.3. The summed E-state index contributed by atoms with van der Waals surface area (Å²) >= 11 is 0. The number of hydrogen-bond acceptors (Lipinski definition) is 3. The maximum Gasteiger partial charge on any atom is 0.322 e. The Morgan fingerprint density at radius 1 is 1.24 bits per heavy atom. The van der Waals surface area contributed by atoms with E-state index in [0.717, 1.165) is 5.56 Å². The van der Waals surface area contributed by atoms with Gasteiger partial charge in [-0.3, -0.25) is 0 Å². The summed E-state index contributed by atoms with van der Waals surface area (Å²) < 4.78 is 0. The zero-order chi connectivity index (χ0) is 12.4. The zero-order valence-electron chi connectivity index (χ0n) is 9.63. The molecule has 1 saturated heterocycles. The van der Waals surface area contributed by atoms with Crippen LogP contribution in [0.4, 0.5) is 10.5 Å². The topological polar surface area (TPSA) is 72.8 Å². The minimum atomic E-state index is -0.848. The van der Waals surface area contributed by atoms with Crippen LogP contribution in [0.25, 0.3) is 0 Å². The molecule has 0 bridgehead atoms. The van der Waals surface area contributed by atoms with Gasteiger partial charge in [-0.1, -0.05) is 17.7 Å². The lowest BCUT2D eigenvalue weighted by Crippen LogP contribution is -2.33. The van der Waals surface area contributed by atoms with Crippen LogP contribution >= 0.6 is 0 Å². The Morgan fingerprint density at radius 2 is 1.76 bits per heavy atom. The number of benzene rings is 1. The van der Waals surface area contributed by atoms with E-state index in [1.54, 1.807) is 0 Å². The average molecular weight is 236 g/mol. The standard InChI is InChI=1S/C12H16N2O3/c1-8-2-4-9(5-3-8)13-12(17)14-6-10(15)11(16)7-14/h2-5,10-11,15-16H,6-7H2,1H3,(H,13,17)/t10-,11+. The molecule has 2 amide bonds. The Hall–Kier alpha value is -1.59. The quantitative estimate of drug-likeness (QED) is 0.667. The molecule has 2 rings (SSSR count). The number of nitrogens with one attached hydrogen (secondary N) is 1. The monoisotopic (exact) mass is 236 g/mol. The summed E-state index contributed by atoms with van der Waals surface area (Å²) in [5.74, 6) is 0. The van der Waals surface area contributed by atoms with E-state index < -0.39 is 12.2 Å². The van der Waals surface area contributed by atoms with Crippen LogP contribution in [0, 0.1) is 6.92 Å². The van der Waals surface area contributed by atoms with Crippen molar-refractivity contribution in [2.75, 3.05) is 18.4 Å². The molecule has 17 heavy (non-hydrogen) atoms. The van der Waals surface area contributed by atoms with Crippen LogP contribution in [0.15, 0.2) is 24.3 Å². The first kappa shape index (κ1) is 11.9. The molecule has 0 spiro atoms. The fraction of sp³-hybridized carbons (Fsp3) is 0.417. The SMILES string of the molecule is Cc1ccc(NC(=O)N2C[C@@H](O)[C@@H](O)C2)cc1. The Morgan fingerprint density at radius 3 is 2.29 bits per heavy atom. The van der Waals surface area contributed by atoms with Crippen LogP contribution in [0.5, 0.6) is 0 Å². The summed E-state index contributed by atoms with van der Waals surface area (Å²) in [6, 6.07) is 7.14. The number of aryl methyl sites for hydroxylation is 1. The van der Waals surface area contributed by atoms with E-state index in [2.05, 4.69) is 5.32 Å². The van der Waals surface area contributed by atoms with E-state index in [1.165, 1.54) is 4.90 Å².